The molecule has 0 unspecified atom stereocenters. The SMILES string of the molecule is CC.CNC(=O)c1ccnn1C(C)C. The first-order valence-electron chi connectivity index (χ1n) is 4.92. The number of carbonyl (C=O) groups excluding carboxylic acids is 1. The Hall–Kier alpha value is -1.32. The van der Waals surface area contributed by atoms with E-state index in [9.17, 15) is 4.79 Å². The van der Waals surface area contributed by atoms with Gasteiger partial charge in [-0.1, -0.05) is 13.8 Å². The second kappa shape index (κ2) is 6.18. The van der Waals surface area contributed by atoms with Gasteiger partial charge in [-0.05, 0) is 19.9 Å². The second-order valence-electron chi connectivity index (χ2n) is 2.83. The molecule has 1 amide bonds. The van der Waals surface area contributed by atoms with Crippen LogP contribution in [0.1, 0.15) is 44.2 Å². The van der Waals surface area contributed by atoms with Crippen LogP contribution < -0.4 is 5.32 Å². The fourth-order valence-electron chi connectivity index (χ4n) is 1.03. The van der Waals surface area contributed by atoms with E-state index in [4.69, 9.17) is 0 Å². The minimum Gasteiger partial charge on any atom is -0.354 e. The lowest BCUT2D eigenvalue weighted by atomic mass is 10.3. The van der Waals surface area contributed by atoms with Crippen LogP contribution in [-0.2, 0) is 0 Å². The Kier molecular flexibility index (Phi) is 5.60. The molecule has 0 aliphatic rings. The van der Waals surface area contributed by atoms with Crippen molar-refractivity contribution in [2.24, 2.45) is 0 Å². The van der Waals surface area contributed by atoms with Gasteiger partial charge in [-0.2, -0.15) is 5.10 Å². The van der Waals surface area contributed by atoms with E-state index in [0.29, 0.717) is 5.69 Å². The minimum atomic E-state index is -0.0961. The van der Waals surface area contributed by atoms with Crippen LogP contribution in [-0.4, -0.2) is 22.7 Å². The standard InChI is InChI=1S/C8H13N3O.C2H6/c1-6(2)11-7(4-5-10-11)8(12)9-3;1-2/h4-6H,1-3H3,(H,9,12);1-2H3. The molecule has 0 saturated carbocycles. The van der Waals surface area contributed by atoms with Gasteiger partial charge in [-0.15, -0.1) is 0 Å². The van der Waals surface area contributed by atoms with Crippen LogP contribution in [0.3, 0.4) is 0 Å². The van der Waals surface area contributed by atoms with E-state index in [1.807, 2.05) is 27.7 Å². The van der Waals surface area contributed by atoms with E-state index in [2.05, 4.69) is 10.4 Å². The normalized spacial score (nSPS) is 9.29. The van der Waals surface area contributed by atoms with Crippen molar-refractivity contribution in [3.05, 3.63) is 18.0 Å². The molecule has 0 fully saturated rings. The first-order chi connectivity index (χ1) is 6.66. The number of carbonyl (C=O) groups is 1. The molecule has 1 N–H and O–H groups in total. The Balaban J connectivity index is 0.000000791. The first-order valence-corrected chi connectivity index (χ1v) is 4.92. The summed E-state index contributed by atoms with van der Waals surface area (Å²) in [5.74, 6) is -0.0961. The lowest BCUT2D eigenvalue weighted by molar-refractivity contribution is 0.0950. The van der Waals surface area contributed by atoms with Crippen molar-refractivity contribution in [3.63, 3.8) is 0 Å². The smallest absolute Gasteiger partial charge is 0.269 e. The average Bonchev–Trinajstić information content (AvgIpc) is 2.68. The molecule has 0 spiro atoms. The fourth-order valence-corrected chi connectivity index (χ4v) is 1.03. The average molecular weight is 197 g/mol. The Morgan fingerprint density at radius 2 is 2.07 bits per heavy atom. The molecule has 1 aromatic heterocycles. The van der Waals surface area contributed by atoms with Gasteiger partial charge in [0.2, 0.25) is 0 Å². The summed E-state index contributed by atoms with van der Waals surface area (Å²) >= 11 is 0. The molecular formula is C10H19N3O. The summed E-state index contributed by atoms with van der Waals surface area (Å²) in [6.45, 7) is 7.97. The van der Waals surface area contributed by atoms with E-state index in [1.165, 1.54) is 0 Å². The molecule has 0 aliphatic heterocycles. The zero-order chi connectivity index (χ0) is 11.1. The van der Waals surface area contributed by atoms with Gasteiger partial charge in [-0.3, -0.25) is 9.48 Å². The maximum Gasteiger partial charge on any atom is 0.269 e. The minimum absolute atomic E-state index is 0.0961. The zero-order valence-corrected chi connectivity index (χ0v) is 9.53. The highest BCUT2D eigenvalue weighted by Crippen LogP contribution is 2.06. The molecule has 4 heteroatoms. The highest BCUT2D eigenvalue weighted by atomic mass is 16.1. The molecule has 0 saturated heterocycles. The summed E-state index contributed by atoms with van der Waals surface area (Å²) in [6.07, 6.45) is 1.63. The lowest BCUT2D eigenvalue weighted by Gasteiger charge is -2.08. The molecule has 0 aromatic carbocycles. The molecule has 0 radical (unpaired) electrons. The van der Waals surface area contributed by atoms with Crippen LogP contribution in [0.4, 0.5) is 0 Å². The van der Waals surface area contributed by atoms with Crippen LogP contribution >= 0.6 is 0 Å². The van der Waals surface area contributed by atoms with Crippen molar-refractivity contribution in [1.82, 2.24) is 15.1 Å². The third kappa shape index (κ3) is 2.87. The van der Waals surface area contributed by atoms with Gasteiger partial charge in [-0.25, -0.2) is 0 Å². The van der Waals surface area contributed by atoms with E-state index < -0.39 is 0 Å². The van der Waals surface area contributed by atoms with Crippen molar-refractivity contribution < 1.29 is 4.79 Å². The van der Waals surface area contributed by atoms with Crippen LogP contribution in [0.15, 0.2) is 12.3 Å². The lowest BCUT2D eigenvalue weighted by Crippen LogP contribution is -2.22. The number of nitrogens with zero attached hydrogens (tertiary/aromatic N) is 2. The number of nitrogens with one attached hydrogen (secondary N) is 1. The number of hydrogen-bond acceptors (Lipinski definition) is 2. The number of rotatable bonds is 2. The summed E-state index contributed by atoms with van der Waals surface area (Å²) in [6, 6.07) is 1.92. The van der Waals surface area contributed by atoms with Crippen molar-refractivity contribution in [2.75, 3.05) is 7.05 Å². The molecule has 1 rings (SSSR count). The predicted octanol–water partition coefficient (Wildman–Crippen LogP) is 1.85. The fraction of sp³-hybridized carbons (Fsp3) is 0.600. The zero-order valence-electron chi connectivity index (χ0n) is 9.53. The Morgan fingerprint density at radius 3 is 2.50 bits per heavy atom. The Bertz CT molecular complexity index is 279. The number of amides is 1. The molecular weight excluding hydrogens is 178 g/mol. The maximum atomic E-state index is 11.2. The monoisotopic (exact) mass is 197 g/mol. The van der Waals surface area contributed by atoms with Gasteiger partial charge in [0, 0.05) is 19.3 Å². The van der Waals surface area contributed by atoms with Gasteiger partial charge in [0.05, 0.1) is 0 Å². The van der Waals surface area contributed by atoms with E-state index in [0.717, 1.165) is 0 Å². The highest BCUT2D eigenvalue weighted by molar-refractivity contribution is 5.92. The summed E-state index contributed by atoms with van der Waals surface area (Å²) in [7, 11) is 1.61. The molecule has 0 atom stereocenters. The van der Waals surface area contributed by atoms with Gasteiger partial charge < -0.3 is 5.32 Å². The van der Waals surface area contributed by atoms with Crippen LogP contribution in [0, 0.1) is 0 Å². The molecule has 1 aromatic rings. The highest BCUT2D eigenvalue weighted by Gasteiger charge is 2.11. The molecule has 14 heavy (non-hydrogen) atoms. The Morgan fingerprint density at radius 1 is 1.50 bits per heavy atom. The number of aromatic nitrogens is 2. The third-order valence-corrected chi connectivity index (χ3v) is 1.62. The van der Waals surface area contributed by atoms with Crippen molar-refractivity contribution >= 4 is 5.91 Å². The largest absolute Gasteiger partial charge is 0.354 e. The van der Waals surface area contributed by atoms with Crippen molar-refractivity contribution in [3.8, 4) is 0 Å². The predicted molar refractivity (Wildman–Crippen MR) is 57.4 cm³/mol. The third-order valence-electron chi connectivity index (χ3n) is 1.62. The molecule has 0 bridgehead atoms. The van der Waals surface area contributed by atoms with Crippen LogP contribution in [0.25, 0.3) is 0 Å². The molecule has 4 nitrogen and oxygen atoms in total. The van der Waals surface area contributed by atoms with E-state index in [1.54, 1.807) is 24.0 Å². The maximum absolute atomic E-state index is 11.2. The van der Waals surface area contributed by atoms with Crippen molar-refractivity contribution in [2.45, 2.75) is 33.7 Å². The summed E-state index contributed by atoms with van der Waals surface area (Å²) in [4.78, 5) is 11.2. The quantitative estimate of drug-likeness (QED) is 0.786. The summed E-state index contributed by atoms with van der Waals surface area (Å²) in [5.41, 5.74) is 0.604. The van der Waals surface area contributed by atoms with Gasteiger partial charge in [0.25, 0.3) is 5.91 Å². The van der Waals surface area contributed by atoms with Gasteiger partial charge in [0.1, 0.15) is 5.69 Å². The number of hydrogen-bond donors (Lipinski definition) is 1. The van der Waals surface area contributed by atoms with Gasteiger partial charge >= 0.3 is 0 Å². The van der Waals surface area contributed by atoms with Crippen molar-refractivity contribution in [1.29, 1.82) is 0 Å². The van der Waals surface area contributed by atoms with Crippen LogP contribution in [0.2, 0.25) is 0 Å². The second-order valence-corrected chi connectivity index (χ2v) is 2.83. The summed E-state index contributed by atoms with van der Waals surface area (Å²) < 4.78 is 1.69. The molecule has 1 heterocycles. The molecule has 0 aliphatic carbocycles. The first kappa shape index (κ1) is 12.7. The summed E-state index contributed by atoms with van der Waals surface area (Å²) in [5, 5.41) is 6.60. The van der Waals surface area contributed by atoms with Crippen LogP contribution in [0.5, 0.6) is 0 Å². The topological polar surface area (TPSA) is 46.9 Å². The van der Waals surface area contributed by atoms with E-state index >= 15 is 0 Å². The molecule has 80 valence electrons. The Labute approximate surface area is 85.3 Å². The van der Waals surface area contributed by atoms with E-state index in [-0.39, 0.29) is 11.9 Å². The van der Waals surface area contributed by atoms with Gasteiger partial charge in [0.15, 0.2) is 0 Å².